The number of benzene rings is 1. The van der Waals surface area contributed by atoms with Gasteiger partial charge in [0.1, 0.15) is 6.61 Å². The molecular formula is C13H16ClN3O5. The maximum absolute atomic E-state index is 11.8. The van der Waals surface area contributed by atoms with Gasteiger partial charge in [-0.2, -0.15) is 5.01 Å². The fourth-order valence-electron chi connectivity index (χ4n) is 1.49. The van der Waals surface area contributed by atoms with Crippen LogP contribution in [0.5, 0.6) is 0 Å². The number of rotatable bonds is 8. The summed E-state index contributed by atoms with van der Waals surface area (Å²) in [5.74, 6) is -0.821. The number of alkyl halides is 1. The van der Waals surface area contributed by atoms with Gasteiger partial charge in [-0.25, -0.2) is 9.59 Å². The summed E-state index contributed by atoms with van der Waals surface area (Å²) < 4.78 is 4.99. The summed E-state index contributed by atoms with van der Waals surface area (Å²) in [7, 11) is 0. The molecule has 0 aromatic heterocycles. The smallest absolute Gasteiger partial charge is 0.341 e. The molecule has 1 atom stereocenters. The molecule has 9 heteroatoms. The van der Waals surface area contributed by atoms with Gasteiger partial charge in [-0.3, -0.25) is 0 Å². The van der Waals surface area contributed by atoms with Crippen LogP contribution >= 0.6 is 11.6 Å². The third kappa shape index (κ3) is 5.66. The van der Waals surface area contributed by atoms with Gasteiger partial charge in [0.05, 0.1) is 18.4 Å². The molecule has 2 N–H and O–H groups in total. The van der Waals surface area contributed by atoms with Crippen LogP contribution < -0.4 is 5.32 Å². The fraction of sp³-hybridized carbons (Fsp3) is 0.385. The van der Waals surface area contributed by atoms with Crippen LogP contribution in [0.1, 0.15) is 5.56 Å². The third-order valence-electron chi connectivity index (χ3n) is 2.62. The Morgan fingerprint density at radius 2 is 2.05 bits per heavy atom. The van der Waals surface area contributed by atoms with E-state index in [1.165, 1.54) is 0 Å². The Bertz CT molecular complexity index is 500. The highest BCUT2D eigenvalue weighted by Gasteiger charge is 2.24. The number of nitrogens with one attached hydrogen (secondary N) is 1. The number of esters is 1. The van der Waals surface area contributed by atoms with Crippen molar-refractivity contribution in [2.24, 2.45) is 5.29 Å². The molecule has 0 aliphatic heterocycles. The van der Waals surface area contributed by atoms with E-state index in [2.05, 4.69) is 10.6 Å². The number of carbonyl (C=O) groups excluding carboxylic acids is 2. The Hall–Kier alpha value is -2.19. The lowest BCUT2D eigenvalue weighted by Gasteiger charge is -2.18. The van der Waals surface area contributed by atoms with E-state index < -0.39 is 24.6 Å². The van der Waals surface area contributed by atoms with Crippen LogP contribution in [0, 0.1) is 4.91 Å². The number of carbonyl (C=O) groups is 2. The van der Waals surface area contributed by atoms with Gasteiger partial charge in [0.2, 0.25) is 0 Å². The van der Waals surface area contributed by atoms with E-state index >= 15 is 0 Å². The highest BCUT2D eigenvalue weighted by molar-refractivity contribution is 6.18. The third-order valence-corrected chi connectivity index (χ3v) is 2.79. The summed E-state index contributed by atoms with van der Waals surface area (Å²) in [5.41, 5.74) is 0.761. The van der Waals surface area contributed by atoms with Crippen molar-refractivity contribution in [2.75, 3.05) is 19.0 Å². The van der Waals surface area contributed by atoms with Crippen LogP contribution in [0.2, 0.25) is 0 Å². The van der Waals surface area contributed by atoms with E-state index in [1.54, 1.807) is 24.3 Å². The second-order valence-corrected chi connectivity index (χ2v) is 4.55. The van der Waals surface area contributed by atoms with Gasteiger partial charge in [-0.15, -0.1) is 16.5 Å². The molecule has 1 aromatic carbocycles. The largest absolute Gasteiger partial charge is 0.459 e. The minimum Gasteiger partial charge on any atom is -0.459 e. The van der Waals surface area contributed by atoms with Crippen LogP contribution in [0.25, 0.3) is 0 Å². The number of aliphatic hydroxyl groups is 1. The number of halogens is 1. The summed E-state index contributed by atoms with van der Waals surface area (Å²) in [5, 5.41) is 14.3. The first-order valence-corrected chi connectivity index (χ1v) is 6.94. The lowest BCUT2D eigenvalue weighted by Crippen LogP contribution is -2.49. The van der Waals surface area contributed by atoms with Crippen LogP contribution in [-0.2, 0) is 16.1 Å². The average Bonchev–Trinajstić information content (AvgIpc) is 2.56. The van der Waals surface area contributed by atoms with Gasteiger partial charge in [0.15, 0.2) is 6.04 Å². The van der Waals surface area contributed by atoms with Gasteiger partial charge in [0, 0.05) is 5.88 Å². The zero-order valence-electron chi connectivity index (χ0n) is 11.6. The molecule has 0 spiro atoms. The number of nitroso groups, excluding NO2 is 1. The molecular weight excluding hydrogens is 314 g/mol. The maximum Gasteiger partial charge on any atom is 0.341 e. The molecule has 0 aliphatic rings. The predicted molar refractivity (Wildman–Crippen MR) is 78.9 cm³/mol. The molecule has 22 heavy (non-hydrogen) atoms. The van der Waals surface area contributed by atoms with Crippen LogP contribution in [-0.4, -0.2) is 47.2 Å². The molecule has 120 valence electrons. The molecule has 0 fully saturated rings. The molecule has 0 radical (unpaired) electrons. The maximum atomic E-state index is 11.8. The summed E-state index contributed by atoms with van der Waals surface area (Å²) in [6, 6.07) is 6.68. The van der Waals surface area contributed by atoms with Crippen molar-refractivity contribution in [3.8, 4) is 0 Å². The summed E-state index contributed by atoms with van der Waals surface area (Å²) >= 11 is 5.41. The molecule has 0 bridgehead atoms. The quantitative estimate of drug-likeness (QED) is 0.320. The predicted octanol–water partition coefficient (Wildman–Crippen LogP) is 1.02. The Morgan fingerprint density at radius 3 is 2.59 bits per heavy atom. The first-order valence-electron chi connectivity index (χ1n) is 6.41. The fourth-order valence-corrected chi connectivity index (χ4v) is 1.65. The second-order valence-electron chi connectivity index (χ2n) is 4.17. The zero-order chi connectivity index (χ0) is 16.4. The number of aliphatic hydroxyl groups excluding tert-OH is 1. The van der Waals surface area contributed by atoms with E-state index in [9.17, 15) is 14.5 Å². The summed E-state index contributed by atoms with van der Waals surface area (Å²) in [6.07, 6.45) is 0. The molecule has 2 amide bonds. The molecule has 0 aliphatic carbocycles. The van der Waals surface area contributed by atoms with E-state index in [4.69, 9.17) is 21.4 Å². The van der Waals surface area contributed by atoms with E-state index in [0.717, 1.165) is 5.56 Å². The Morgan fingerprint density at radius 1 is 1.36 bits per heavy atom. The Balaban J connectivity index is 2.53. The van der Waals surface area contributed by atoms with Crippen molar-refractivity contribution < 1.29 is 19.4 Å². The van der Waals surface area contributed by atoms with Gasteiger partial charge < -0.3 is 15.2 Å². The monoisotopic (exact) mass is 329 g/mol. The number of urea groups is 1. The Kier molecular flexibility index (Phi) is 7.87. The standard InChI is InChI=1S/C13H16ClN3O5/c14-6-7-17(16-21)13(20)15-11(8-18)12(19)22-9-10-4-2-1-3-5-10/h1-5,11,18H,6-9H2,(H,15,20)/t11-/m0/s1. The van der Waals surface area contributed by atoms with Crippen LogP contribution in [0.4, 0.5) is 4.79 Å². The topological polar surface area (TPSA) is 108 Å². The van der Waals surface area contributed by atoms with Crippen molar-refractivity contribution in [1.82, 2.24) is 10.3 Å². The first-order chi connectivity index (χ1) is 10.6. The highest BCUT2D eigenvalue weighted by atomic mass is 35.5. The molecule has 8 nitrogen and oxygen atoms in total. The zero-order valence-corrected chi connectivity index (χ0v) is 12.4. The summed E-state index contributed by atoms with van der Waals surface area (Å²) in [6.45, 7) is -0.787. The molecule has 0 unspecified atom stereocenters. The normalized spacial score (nSPS) is 11.4. The van der Waals surface area contributed by atoms with E-state index in [1.807, 2.05) is 6.07 Å². The average molecular weight is 330 g/mol. The molecule has 0 saturated heterocycles. The second kappa shape index (κ2) is 9.69. The first kappa shape index (κ1) is 17.9. The van der Waals surface area contributed by atoms with Gasteiger partial charge in [-0.05, 0) is 5.56 Å². The number of hydrogen-bond donors (Lipinski definition) is 2. The van der Waals surface area contributed by atoms with Crippen molar-refractivity contribution in [2.45, 2.75) is 12.6 Å². The van der Waals surface area contributed by atoms with Crippen molar-refractivity contribution >= 4 is 23.6 Å². The van der Waals surface area contributed by atoms with Crippen LogP contribution in [0.3, 0.4) is 0 Å². The minimum atomic E-state index is -1.30. The number of ether oxygens (including phenoxy) is 1. The van der Waals surface area contributed by atoms with Gasteiger partial charge in [-0.1, -0.05) is 30.3 Å². The molecule has 1 rings (SSSR count). The van der Waals surface area contributed by atoms with E-state index in [0.29, 0.717) is 5.01 Å². The molecule has 1 aromatic rings. The van der Waals surface area contributed by atoms with Gasteiger partial charge >= 0.3 is 12.0 Å². The SMILES string of the molecule is O=NN(CCCl)C(=O)N[C@@H](CO)C(=O)OCc1ccccc1. The van der Waals surface area contributed by atoms with Gasteiger partial charge in [0.25, 0.3) is 0 Å². The van der Waals surface area contributed by atoms with Crippen molar-refractivity contribution in [3.63, 3.8) is 0 Å². The lowest BCUT2D eigenvalue weighted by atomic mass is 10.2. The van der Waals surface area contributed by atoms with E-state index in [-0.39, 0.29) is 19.0 Å². The highest BCUT2D eigenvalue weighted by Crippen LogP contribution is 2.02. The van der Waals surface area contributed by atoms with Crippen molar-refractivity contribution in [3.05, 3.63) is 40.8 Å². The molecule has 0 saturated carbocycles. The lowest BCUT2D eigenvalue weighted by molar-refractivity contribution is -0.148. The number of amides is 2. The minimum absolute atomic E-state index is 0.00139. The number of hydrogen-bond acceptors (Lipinski definition) is 6. The summed E-state index contributed by atoms with van der Waals surface area (Å²) in [4.78, 5) is 33.9. The molecule has 0 heterocycles. The Labute approximate surface area is 131 Å². The number of nitrogens with zero attached hydrogens (tertiary/aromatic N) is 2. The van der Waals surface area contributed by atoms with Crippen molar-refractivity contribution in [1.29, 1.82) is 0 Å². The van der Waals surface area contributed by atoms with Crippen LogP contribution in [0.15, 0.2) is 35.6 Å².